The van der Waals surface area contributed by atoms with Gasteiger partial charge >= 0.3 is 0 Å². The zero-order valence-corrected chi connectivity index (χ0v) is 18.4. The van der Waals surface area contributed by atoms with E-state index in [4.69, 9.17) is 0 Å². The molecule has 1 unspecified atom stereocenters. The first-order chi connectivity index (χ1) is 16.0. The van der Waals surface area contributed by atoms with Crippen molar-refractivity contribution in [1.29, 1.82) is 0 Å². The van der Waals surface area contributed by atoms with Gasteiger partial charge in [0.15, 0.2) is 0 Å². The van der Waals surface area contributed by atoms with Crippen molar-refractivity contribution in [2.75, 3.05) is 0 Å². The number of carbonyl (C=O) groups excluding carboxylic acids is 3. The minimum absolute atomic E-state index is 0.0380. The Bertz CT molecular complexity index is 1200. The molecule has 2 heterocycles. The van der Waals surface area contributed by atoms with Crippen LogP contribution in [0, 0.1) is 0 Å². The number of hydrogen-bond acceptors (Lipinski definition) is 5. The summed E-state index contributed by atoms with van der Waals surface area (Å²) >= 11 is 0. The summed E-state index contributed by atoms with van der Waals surface area (Å²) in [5.41, 5.74) is 2.88. The summed E-state index contributed by atoms with van der Waals surface area (Å²) in [7, 11) is 0. The highest BCUT2D eigenvalue weighted by Crippen LogP contribution is 2.31. The van der Waals surface area contributed by atoms with Crippen LogP contribution < -0.4 is 5.32 Å². The number of amides is 3. The normalized spacial score (nSPS) is 17.2. The number of hydrogen-bond donors (Lipinski definition) is 1. The van der Waals surface area contributed by atoms with Gasteiger partial charge in [0, 0.05) is 11.6 Å². The fourth-order valence-corrected chi connectivity index (χ4v) is 4.69. The number of imide groups is 1. The van der Waals surface area contributed by atoms with E-state index in [1.54, 1.807) is 29.2 Å². The first-order valence-corrected chi connectivity index (χ1v) is 11.3. The second-order valence-electron chi connectivity index (χ2n) is 8.66. The second-order valence-corrected chi connectivity index (χ2v) is 8.66. The Morgan fingerprint density at radius 2 is 1.73 bits per heavy atom. The third-order valence-electron chi connectivity index (χ3n) is 6.54. The van der Waals surface area contributed by atoms with Crippen LogP contribution in [-0.2, 0) is 0 Å². The Hall–Kier alpha value is -3.81. The predicted molar refractivity (Wildman–Crippen MR) is 121 cm³/mol. The highest BCUT2D eigenvalue weighted by Gasteiger charge is 2.40. The average Bonchev–Trinajstić information content (AvgIpc) is 3.47. The third-order valence-corrected chi connectivity index (χ3v) is 6.54. The monoisotopic (exact) mass is 443 g/mol. The van der Waals surface area contributed by atoms with Gasteiger partial charge < -0.3 is 5.32 Å². The summed E-state index contributed by atoms with van der Waals surface area (Å²) in [5, 5.41) is 7.08. The number of carbonyl (C=O) groups is 3. The molecule has 1 aromatic heterocycles. The van der Waals surface area contributed by atoms with E-state index in [1.165, 1.54) is 11.2 Å². The van der Waals surface area contributed by atoms with Crippen LogP contribution in [0.25, 0.3) is 5.69 Å². The van der Waals surface area contributed by atoms with E-state index in [0.717, 1.165) is 43.4 Å². The lowest BCUT2D eigenvalue weighted by atomic mass is 9.94. The molecule has 2 aliphatic rings. The molecule has 33 heavy (non-hydrogen) atoms. The lowest BCUT2D eigenvalue weighted by Crippen LogP contribution is -2.40. The van der Waals surface area contributed by atoms with Crippen molar-refractivity contribution in [3.63, 3.8) is 0 Å². The van der Waals surface area contributed by atoms with Crippen LogP contribution in [-0.4, -0.2) is 43.4 Å². The lowest BCUT2D eigenvalue weighted by molar-refractivity contribution is 0.0548. The molecule has 0 bridgehead atoms. The molecule has 8 nitrogen and oxygen atoms in total. The number of benzene rings is 2. The van der Waals surface area contributed by atoms with Gasteiger partial charge in [-0.05, 0) is 55.7 Å². The van der Waals surface area contributed by atoms with E-state index < -0.39 is 0 Å². The summed E-state index contributed by atoms with van der Waals surface area (Å²) in [6.45, 7) is 1.90. The molecule has 168 valence electrons. The van der Waals surface area contributed by atoms with E-state index in [9.17, 15) is 14.4 Å². The van der Waals surface area contributed by atoms with Gasteiger partial charge in [0.2, 0.25) is 0 Å². The number of nitrogens with one attached hydrogen (secondary N) is 1. The number of aromatic nitrogens is 3. The van der Waals surface area contributed by atoms with Gasteiger partial charge in [-0.3, -0.25) is 19.3 Å². The Kier molecular flexibility index (Phi) is 5.50. The maximum atomic E-state index is 13.0. The van der Waals surface area contributed by atoms with Gasteiger partial charge in [-0.2, -0.15) is 5.10 Å². The minimum atomic E-state index is -0.290. The van der Waals surface area contributed by atoms with Gasteiger partial charge in [0.1, 0.15) is 12.7 Å². The zero-order valence-electron chi connectivity index (χ0n) is 18.4. The summed E-state index contributed by atoms with van der Waals surface area (Å²) in [4.78, 5) is 44.1. The Labute approximate surface area is 191 Å². The third kappa shape index (κ3) is 3.92. The van der Waals surface area contributed by atoms with Crippen molar-refractivity contribution in [3.05, 3.63) is 77.4 Å². The van der Waals surface area contributed by atoms with Crippen LogP contribution in [0.4, 0.5) is 0 Å². The van der Waals surface area contributed by atoms with Crippen LogP contribution in [0.15, 0.2) is 55.1 Å². The molecule has 2 aromatic carbocycles. The first-order valence-electron chi connectivity index (χ1n) is 11.3. The average molecular weight is 444 g/mol. The van der Waals surface area contributed by atoms with Crippen molar-refractivity contribution >= 4 is 17.7 Å². The predicted octanol–water partition coefficient (Wildman–Crippen LogP) is 3.69. The molecule has 0 spiro atoms. The highest BCUT2D eigenvalue weighted by molar-refractivity contribution is 6.22. The fraction of sp³-hybridized carbons (Fsp3) is 0.320. The van der Waals surface area contributed by atoms with Crippen molar-refractivity contribution < 1.29 is 14.4 Å². The van der Waals surface area contributed by atoms with Crippen LogP contribution in [0.5, 0.6) is 0 Å². The lowest BCUT2D eigenvalue weighted by Gasteiger charge is -2.29. The Morgan fingerprint density at radius 1 is 1.00 bits per heavy atom. The largest absolute Gasteiger partial charge is 0.346 e. The topological polar surface area (TPSA) is 97.2 Å². The molecule has 1 N–H and O–H groups in total. The first kappa shape index (κ1) is 21.1. The van der Waals surface area contributed by atoms with E-state index in [-0.39, 0.29) is 29.8 Å². The molecular formula is C25H25N5O3. The van der Waals surface area contributed by atoms with Gasteiger partial charge in [0.05, 0.1) is 22.9 Å². The van der Waals surface area contributed by atoms with Crippen molar-refractivity contribution in [3.8, 4) is 5.69 Å². The van der Waals surface area contributed by atoms with Gasteiger partial charge in [0.25, 0.3) is 17.7 Å². The van der Waals surface area contributed by atoms with Crippen LogP contribution >= 0.6 is 0 Å². The molecule has 1 atom stereocenters. The molecule has 1 aliphatic heterocycles. The maximum absolute atomic E-state index is 13.0. The van der Waals surface area contributed by atoms with Gasteiger partial charge in [-0.25, -0.2) is 9.67 Å². The quantitative estimate of drug-likeness (QED) is 0.607. The highest BCUT2D eigenvalue weighted by atomic mass is 16.2. The zero-order chi connectivity index (χ0) is 22.9. The molecule has 0 radical (unpaired) electrons. The maximum Gasteiger partial charge on any atom is 0.261 e. The van der Waals surface area contributed by atoms with Crippen LogP contribution in [0.2, 0.25) is 0 Å². The summed E-state index contributed by atoms with van der Waals surface area (Å²) < 4.78 is 1.66. The number of fused-ring (bicyclic) bond motifs is 1. The SMILES string of the molecule is CC(NC(=O)c1ccc2c(c1)C(=O)N(C1CCCCC1)C2=O)c1ccc(-n2cncn2)cc1. The molecular weight excluding hydrogens is 418 g/mol. The van der Waals surface area contributed by atoms with E-state index in [2.05, 4.69) is 15.4 Å². The van der Waals surface area contributed by atoms with Crippen molar-refractivity contribution in [1.82, 2.24) is 25.0 Å². The van der Waals surface area contributed by atoms with Gasteiger partial charge in [-0.15, -0.1) is 0 Å². The molecule has 8 heteroatoms. The Balaban J connectivity index is 1.30. The molecule has 3 aromatic rings. The van der Waals surface area contributed by atoms with Crippen molar-refractivity contribution in [2.45, 2.75) is 51.1 Å². The van der Waals surface area contributed by atoms with Crippen LogP contribution in [0.1, 0.15) is 81.7 Å². The molecule has 1 saturated carbocycles. The van der Waals surface area contributed by atoms with Crippen molar-refractivity contribution in [2.24, 2.45) is 0 Å². The summed E-state index contributed by atoms with van der Waals surface area (Å²) in [6.07, 6.45) is 8.01. The van der Waals surface area contributed by atoms with E-state index >= 15 is 0 Å². The van der Waals surface area contributed by atoms with Gasteiger partial charge in [-0.1, -0.05) is 31.4 Å². The fourth-order valence-electron chi connectivity index (χ4n) is 4.69. The standard InChI is InChI=1S/C25H25N5O3/c1-16(17-7-10-19(11-8-17)29-15-26-14-27-29)28-23(31)18-9-12-21-22(13-18)25(33)30(24(21)32)20-5-3-2-4-6-20/h7-16,20H,2-6H2,1H3,(H,28,31). The van der Waals surface area contributed by atoms with Crippen LogP contribution in [0.3, 0.4) is 0 Å². The number of rotatable bonds is 5. The molecule has 5 rings (SSSR count). The molecule has 3 amide bonds. The smallest absolute Gasteiger partial charge is 0.261 e. The summed E-state index contributed by atoms with van der Waals surface area (Å²) in [6, 6.07) is 12.2. The second kappa shape index (κ2) is 8.61. The minimum Gasteiger partial charge on any atom is -0.346 e. The molecule has 1 fully saturated rings. The summed E-state index contributed by atoms with van der Waals surface area (Å²) in [5.74, 6) is -0.815. The molecule has 0 saturated heterocycles. The Morgan fingerprint density at radius 3 is 2.42 bits per heavy atom. The van der Waals surface area contributed by atoms with E-state index in [0.29, 0.717) is 16.7 Å². The molecule has 1 aliphatic carbocycles. The number of nitrogens with zero attached hydrogens (tertiary/aromatic N) is 4. The van der Waals surface area contributed by atoms with E-state index in [1.807, 2.05) is 31.2 Å².